The molecule has 7 heteroatoms. The molecule has 1 aliphatic rings. The minimum absolute atomic E-state index is 0.00638. The zero-order chi connectivity index (χ0) is 19.4. The highest BCUT2D eigenvalue weighted by atomic mass is 32.2. The van der Waals surface area contributed by atoms with Gasteiger partial charge >= 0.3 is 0 Å². The largest absolute Gasteiger partial charge is 0.474 e. The van der Waals surface area contributed by atoms with Crippen LogP contribution in [0.1, 0.15) is 42.4 Å². The number of hydrogen-bond donors (Lipinski definition) is 1. The molecule has 0 unspecified atom stereocenters. The van der Waals surface area contributed by atoms with E-state index in [2.05, 4.69) is 9.71 Å². The monoisotopic (exact) mass is 385 g/mol. The summed E-state index contributed by atoms with van der Waals surface area (Å²) in [5.74, 6) is 0.494. The predicted octanol–water partition coefficient (Wildman–Crippen LogP) is 3.24. The van der Waals surface area contributed by atoms with E-state index in [1.807, 2.05) is 32.0 Å². The van der Waals surface area contributed by atoms with Crippen LogP contribution in [0.5, 0.6) is 5.88 Å². The van der Waals surface area contributed by atoms with Gasteiger partial charge in [-0.25, -0.2) is 18.1 Å². The van der Waals surface area contributed by atoms with Crippen LogP contribution < -0.4 is 9.46 Å². The first kappa shape index (κ1) is 19.3. The van der Waals surface area contributed by atoms with E-state index in [1.54, 1.807) is 18.2 Å². The molecule has 142 valence electrons. The van der Waals surface area contributed by atoms with E-state index in [9.17, 15) is 8.42 Å². The summed E-state index contributed by atoms with van der Waals surface area (Å²) < 4.78 is 34.2. The number of ether oxygens (including phenoxy) is 1. The number of nitriles is 1. The summed E-state index contributed by atoms with van der Waals surface area (Å²) in [6.45, 7) is 3.70. The highest BCUT2D eigenvalue weighted by Gasteiger charge is 2.27. The average Bonchev–Trinajstić information content (AvgIpc) is 2.65. The Bertz CT molecular complexity index is 941. The number of pyridine rings is 1. The smallest absolute Gasteiger partial charge is 0.241 e. The predicted molar refractivity (Wildman–Crippen MR) is 102 cm³/mol. The van der Waals surface area contributed by atoms with Crippen molar-refractivity contribution in [2.75, 3.05) is 0 Å². The highest BCUT2D eigenvalue weighted by molar-refractivity contribution is 7.89. The Kier molecular flexibility index (Phi) is 5.78. The Morgan fingerprint density at radius 3 is 2.52 bits per heavy atom. The molecule has 0 radical (unpaired) electrons. The Hall–Kier alpha value is -2.43. The number of hydrogen-bond acceptors (Lipinski definition) is 5. The van der Waals surface area contributed by atoms with Crippen LogP contribution in [0.4, 0.5) is 0 Å². The first-order valence-corrected chi connectivity index (χ1v) is 10.5. The summed E-state index contributed by atoms with van der Waals surface area (Å²) in [6, 6.07) is 10.7. The normalized spacial score (nSPS) is 20.0. The van der Waals surface area contributed by atoms with Crippen LogP contribution in [-0.4, -0.2) is 25.5 Å². The van der Waals surface area contributed by atoms with Gasteiger partial charge in [0.2, 0.25) is 15.9 Å². The molecule has 0 bridgehead atoms. The second-order valence-electron chi connectivity index (χ2n) is 6.98. The van der Waals surface area contributed by atoms with Crippen molar-refractivity contribution in [3.63, 3.8) is 0 Å². The molecule has 1 heterocycles. The van der Waals surface area contributed by atoms with E-state index in [-0.39, 0.29) is 12.1 Å². The van der Waals surface area contributed by atoms with Gasteiger partial charge in [0.05, 0.1) is 10.5 Å². The summed E-state index contributed by atoms with van der Waals surface area (Å²) in [5.41, 5.74) is 2.16. The molecule has 1 aromatic heterocycles. The van der Waals surface area contributed by atoms with Crippen LogP contribution in [0.2, 0.25) is 0 Å². The third-order valence-electron chi connectivity index (χ3n) is 4.78. The molecule has 1 aliphatic carbocycles. The van der Waals surface area contributed by atoms with Gasteiger partial charge in [-0.1, -0.05) is 12.1 Å². The van der Waals surface area contributed by atoms with Crippen molar-refractivity contribution in [1.29, 1.82) is 5.26 Å². The third-order valence-corrected chi connectivity index (χ3v) is 6.44. The van der Waals surface area contributed by atoms with E-state index < -0.39 is 10.0 Å². The number of rotatable bonds is 5. The summed E-state index contributed by atoms with van der Waals surface area (Å²) >= 11 is 0. The van der Waals surface area contributed by atoms with Gasteiger partial charge in [0.1, 0.15) is 12.2 Å². The number of aryl methyl sites for hydroxylation is 2. The van der Waals surface area contributed by atoms with Gasteiger partial charge in [-0.2, -0.15) is 5.26 Å². The molecule has 1 aromatic carbocycles. The van der Waals surface area contributed by atoms with Crippen LogP contribution >= 0.6 is 0 Å². The molecule has 3 rings (SSSR count). The Morgan fingerprint density at radius 1 is 1.15 bits per heavy atom. The number of benzene rings is 1. The molecular formula is C20H23N3O3S. The van der Waals surface area contributed by atoms with Gasteiger partial charge in [-0.3, -0.25) is 0 Å². The van der Waals surface area contributed by atoms with Crippen molar-refractivity contribution < 1.29 is 13.2 Å². The summed E-state index contributed by atoms with van der Waals surface area (Å²) in [5, 5.41) is 8.80. The maximum Gasteiger partial charge on any atom is 0.241 e. The molecule has 1 fully saturated rings. The number of sulfonamides is 1. The van der Waals surface area contributed by atoms with E-state index >= 15 is 0 Å². The molecule has 2 aromatic rings. The van der Waals surface area contributed by atoms with E-state index in [1.165, 1.54) is 6.20 Å². The lowest BCUT2D eigenvalue weighted by molar-refractivity contribution is 0.138. The van der Waals surface area contributed by atoms with Crippen molar-refractivity contribution in [2.45, 2.75) is 56.6 Å². The van der Waals surface area contributed by atoms with Gasteiger partial charge in [-0.05, 0) is 62.8 Å². The van der Waals surface area contributed by atoms with Gasteiger partial charge in [0, 0.05) is 18.3 Å². The molecular weight excluding hydrogens is 362 g/mol. The van der Waals surface area contributed by atoms with Crippen LogP contribution in [0.25, 0.3) is 0 Å². The standard InChI is InChI=1S/C20H23N3O3S/c1-14-3-4-15(2)19(11-14)27(24,25)23-17-6-8-18(9-7-17)26-20-10-5-16(12-21)13-22-20/h3-5,10-11,13,17-18,23H,6-9H2,1-2H3. The van der Waals surface area contributed by atoms with Crippen molar-refractivity contribution in [2.24, 2.45) is 0 Å². The lowest BCUT2D eigenvalue weighted by Crippen LogP contribution is -2.39. The lowest BCUT2D eigenvalue weighted by Gasteiger charge is -2.29. The van der Waals surface area contributed by atoms with E-state index in [0.717, 1.165) is 24.0 Å². The van der Waals surface area contributed by atoms with Crippen LogP contribution in [0, 0.1) is 25.2 Å². The number of nitrogens with one attached hydrogen (secondary N) is 1. The molecule has 27 heavy (non-hydrogen) atoms. The zero-order valence-electron chi connectivity index (χ0n) is 15.5. The molecule has 0 atom stereocenters. The summed E-state index contributed by atoms with van der Waals surface area (Å²) in [6.07, 6.45) is 4.42. The first-order valence-electron chi connectivity index (χ1n) is 9.00. The van der Waals surface area contributed by atoms with E-state index in [0.29, 0.717) is 29.2 Å². The molecule has 0 amide bonds. The maximum absolute atomic E-state index is 12.7. The van der Waals surface area contributed by atoms with Gasteiger partial charge in [-0.15, -0.1) is 0 Å². The SMILES string of the molecule is Cc1ccc(C)c(S(=O)(=O)NC2CCC(Oc3ccc(C#N)cn3)CC2)c1. The van der Waals surface area contributed by atoms with Crippen LogP contribution in [0.15, 0.2) is 41.4 Å². The average molecular weight is 385 g/mol. The zero-order valence-corrected chi connectivity index (χ0v) is 16.3. The van der Waals surface area contributed by atoms with Gasteiger partial charge in [0.25, 0.3) is 0 Å². The molecule has 1 saturated carbocycles. The Labute approximate surface area is 160 Å². The Balaban J connectivity index is 1.57. The third kappa shape index (κ3) is 4.85. The van der Waals surface area contributed by atoms with Crippen molar-refractivity contribution in [3.8, 4) is 11.9 Å². The van der Waals surface area contributed by atoms with Crippen LogP contribution in [-0.2, 0) is 10.0 Å². The number of aromatic nitrogens is 1. The second kappa shape index (κ2) is 8.07. The minimum Gasteiger partial charge on any atom is -0.474 e. The Morgan fingerprint density at radius 2 is 1.89 bits per heavy atom. The quantitative estimate of drug-likeness (QED) is 0.853. The van der Waals surface area contributed by atoms with E-state index in [4.69, 9.17) is 10.00 Å². The summed E-state index contributed by atoms with van der Waals surface area (Å²) in [4.78, 5) is 4.47. The van der Waals surface area contributed by atoms with Crippen molar-refractivity contribution >= 4 is 10.0 Å². The molecule has 0 saturated heterocycles. The first-order chi connectivity index (χ1) is 12.9. The highest BCUT2D eigenvalue weighted by Crippen LogP contribution is 2.25. The van der Waals surface area contributed by atoms with Crippen molar-refractivity contribution in [1.82, 2.24) is 9.71 Å². The molecule has 0 aliphatic heterocycles. The van der Waals surface area contributed by atoms with Gasteiger partial charge < -0.3 is 4.74 Å². The number of nitrogens with zero attached hydrogens (tertiary/aromatic N) is 2. The summed E-state index contributed by atoms with van der Waals surface area (Å²) in [7, 11) is -3.53. The fraction of sp³-hybridized carbons (Fsp3) is 0.400. The fourth-order valence-corrected chi connectivity index (χ4v) is 4.90. The van der Waals surface area contributed by atoms with Gasteiger partial charge in [0.15, 0.2) is 0 Å². The molecule has 1 N–H and O–H groups in total. The molecule has 0 spiro atoms. The van der Waals surface area contributed by atoms with Crippen LogP contribution in [0.3, 0.4) is 0 Å². The van der Waals surface area contributed by atoms with Crippen molar-refractivity contribution in [3.05, 3.63) is 53.2 Å². The topological polar surface area (TPSA) is 92.1 Å². The maximum atomic E-state index is 12.7. The molecule has 6 nitrogen and oxygen atoms in total. The minimum atomic E-state index is -3.53. The fourth-order valence-electron chi connectivity index (χ4n) is 3.27. The second-order valence-corrected chi connectivity index (χ2v) is 8.66. The lowest BCUT2D eigenvalue weighted by atomic mass is 9.94.